The Balaban J connectivity index is 1.72. The topological polar surface area (TPSA) is 24.9 Å². The molecule has 3 atom stereocenters. The van der Waals surface area contributed by atoms with Crippen LogP contribution in [0.4, 0.5) is 0 Å². The summed E-state index contributed by atoms with van der Waals surface area (Å²) in [5.74, 6) is 1.41. The first kappa shape index (κ1) is 13.8. The highest BCUT2D eigenvalue weighted by Crippen LogP contribution is 2.37. The van der Waals surface area contributed by atoms with Crippen molar-refractivity contribution < 1.29 is 0 Å². The number of thiazole rings is 1. The minimum atomic E-state index is 0.638. The summed E-state index contributed by atoms with van der Waals surface area (Å²) >= 11 is 1.79. The summed E-state index contributed by atoms with van der Waals surface area (Å²) in [7, 11) is 2.10. The molecular formula is C17H22N2S. The highest BCUT2D eigenvalue weighted by Gasteiger charge is 2.30. The van der Waals surface area contributed by atoms with E-state index in [4.69, 9.17) is 0 Å². The maximum Gasteiger partial charge on any atom is 0.0928 e. The molecule has 2 nitrogen and oxygen atoms in total. The molecule has 20 heavy (non-hydrogen) atoms. The van der Waals surface area contributed by atoms with Gasteiger partial charge in [0.25, 0.3) is 0 Å². The first-order chi connectivity index (χ1) is 9.86. The lowest BCUT2D eigenvalue weighted by molar-refractivity contribution is 0.248. The molecule has 3 unspecified atom stereocenters. The molecule has 0 spiro atoms. The van der Waals surface area contributed by atoms with Crippen LogP contribution in [0.1, 0.15) is 35.8 Å². The van der Waals surface area contributed by atoms with Crippen LogP contribution >= 0.6 is 11.3 Å². The maximum atomic E-state index is 4.47. The molecule has 1 aromatic carbocycles. The van der Waals surface area contributed by atoms with Crippen LogP contribution in [-0.2, 0) is 6.42 Å². The van der Waals surface area contributed by atoms with E-state index in [9.17, 15) is 0 Å². The Morgan fingerprint density at radius 2 is 2.10 bits per heavy atom. The van der Waals surface area contributed by atoms with Crippen LogP contribution < -0.4 is 5.32 Å². The van der Waals surface area contributed by atoms with Crippen molar-refractivity contribution in [3.05, 3.63) is 52.5 Å². The van der Waals surface area contributed by atoms with E-state index in [1.807, 2.05) is 6.20 Å². The number of hydrogen-bond donors (Lipinski definition) is 1. The van der Waals surface area contributed by atoms with Crippen LogP contribution in [0.3, 0.4) is 0 Å². The van der Waals surface area contributed by atoms with Crippen LogP contribution in [0.15, 0.2) is 41.9 Å². The maximum absolute atomic E-state index is 4.47. The minimum Gasteiger partial charge on any atom is -0.317 e. The smallest absolute Gasteiger partial charge is 0.0928 e. The fourth-order valence-corrected chi connectivity index (χ4v) is 4.19. The van der Waals surface area contributed by atoms with Gasteiger partial charge in [-0.25, -0.2) is 4.98 Å². The summed E-state index contributed by atoms with van der Waals surface area (Å²) in [5, 5.41) is 6.88. The quantitative estimate of drug-likeness (QED) is 0.923. The van der Waals surface area contributed by atoms with Crippen LogP contribution in [0, 0.1) is 5.92 Å². The van der Waals surface area contributed by atoms with Crippen molar-refractivity contribution in [2.45, 2.75) is 37.6 Å². The van der Waals surface area contributed by atoms with Gasteiger partial charge in [0.15, 0.2) is 0 Å². The number of rotatable bonds is 4. The molecule has 0 radical (unpaired) electrons. The highest BCUT2D eigenvalue weighted by molar-refractivity contribution is 7.09. The van der Waals surface area contributed by atoms with Crippen molar-refractivity contribution in [2.75, 3.05) is 7.05 Å². The molecule has 1 fully saturated rings. The van der Waals surface area contributed by atoms with Gasteiger partial charge in [-0.1, -0.05) is 30.3 Å². The molecular weight excluding hydrogens is 264 g/mol. The summed E-state index contributed by atoms with van der Waals surface area (Å²) in [6, 6.07) is 11.6. The molecule has 106 valence electrons. The first-order valence-electron chi connectivity index (χ1n) is 7.47. The third kappa shape index (κ3) is 3.10. The molecule has 1 aromatic heterocycles. The molecule has 0 amide bonds. The average Bonchev–Trinajstić information content (AvgIpc) is 3.01. The molecule has 0 bridgehead atoms. The van der Waals surface area contributed by atoms with E-state index in [0.29, 0.717) is 17.9 Å². The van der Waals surface area contributed by atoms with Gasteiger partial charge in [-0.15, -0.1) is 11.3 Å². The normalized spacial score (nSPS) is 26.6. The summed E-state index contributed by atoms with van der Waals surface area (Å²) in [4.78, 5) is 4.47. The molecule has 1 aliphatic carbocycles. The second-order valence-electron chi connectivity index (χ2n) is 5.71. The van der Waals surface area contributed by atoms with Gasteiger partial charge in [0.05, 0.1) is 5.01 Å². The van der Waals surface area contributed by atoms with Crippen LogP contribution in [0.2, 0.25) is 0 Å². The third-order valence-corrected chi connectivity index (χ3v) is 5.35. The third-order valence-electron chi connectivity index (χ3n) is 4.54. The molecule has 1 aliphatic rings. The highest BCUT2D eigenvalue weighted by atomic mass is 32.1. The monoisotopic (exact) mass is 286 g/mol. The predicted molar refractivity (Wildman–Crippen MR) is 85.2 cm³/mol. The lowest BCUT2D eigenvalue weighted by Crippen LogP contribution is -2.39. The van der Waals surface area contributed by atoms with Gasteiger partial charge in [0.2, 0.25) is 0 Å². The Bertz CT molecular complexity index is 509. The number of nitrogens with one attached hydrogen (secondary N) is 1. The van der Waals surface area contributed by atoms with Gasteiger partial charge >= 0.3 is 0 Å². The second kappa shape index (κ2) is 6.51. The lowest BCUT2D eigenvalue weighted by atomic mass is 9.74. The molecule has 2 aromatic rings. The zero-order valence-electron chi connectivity index (χ0n) is 12.0. The Labute approximate surface area is 125 Å². The van der Waals surface area contributed by atoms with E-state index < -0.39 is 0 Å². The van der Waals surface area contributed by atoms with Gasteiger partial charge < -0.3 is 5.32 Å². The lowest BCUT2D eigenvalue weighted by Gasteiger charge is -2.36. The zero-order chi connectivity index (χ0) is 13.8. The SMILES string of the molecule is CNC1CCC(c2ccccc2)CC1Cc1nccs1. The van der Waals surface area contributed by atoms with E-state index in [2.05, 4.69) is 53.1 Å². The molecule has 1 heterocycles. The molecule has 1 saturated carbocycles. The number of benzene rings is 1. The van der Waals surface area contributed by atoms with Gasteiger partial charge in [-0.05, 0) is 43.7 Å². The minimum absolute atomic E-state index is 0.638. The molecule has 3 heteroatoms. The van der Waals surface area contributed by atoms with Gasteiger partial charge in [-0.2, -0.15) is 0 Å². The summed E-state index contributed by atoms with van der Waals surface area (Å²) < 4.78 is 0. The van der Waals surface area contributed by atoms with Gasteiger partial charge in [-0.3, -0.25) is 0 Å². The Hall–Kier alpha value is -1.19. The van der Waals surface area contributed by atoms with E-state index in [0.717, 1.165) is 6.42 Å². The van der Waals surface area contributed by atoms with Crippen molar-refractivity contribution in [3.63, 3.8) is 0 Å². The fourth-order valence-electron chi connectivity index (χ4n) is 3.48. The van der Waals surface area contributed by atoms with Crippen molar-refractivity contribution in [2.24, 2.45) is 5.92 Å². The summed E-state index contributed by atoms with van der Waals surface area (Å²) in [6.45, 7) is 0. The Kier molecular flexibility index (Phi) is 4.48. The standard InChI is InChI=1S/C17H22N2S/c1-18-16-8-7-14(13-5-3-2-4-6-13)11-15(16)12-17-19-9-10-20-17/h2-6,9-10,14-16,18H,7-8,11-12H2,1H3. The van der Waals surface area contributed by atoms with Crippen molar-refractivity contribution in [1.82, 2.24) is 10.3 Å². The second-order valence-corrected chi connectivity index (χ2v) is 6.68. The summed E-state index contributed by atoms with van der Waals surface area (Å²) in [6.07, 6.45) is 6.88. The van der Waals surface area contributed by atoms with Crippen LogP contribution in [0.25, 0.3) is 0 Å². The van der Waals surface area contributed by atoms with Crippen molar-refractivity contribution in [3.8, 4) is 0 Å². The fraction of sp³-hybridized carbons (Fsp3) is 0.471. The van der Waals surface area contributed by atoms with Crippen LogP contribution in [0.5, 0.6) is 0 Å². The largest absolute Gasteiger partial charge is 0.317 e. The number of hydrogen-bond acceptors (Lipinski definition) is 3. The number of nitrogens with zero attached hydrogens (tertiary/aromatic N) is 1. The Morgan fingerprint density at radius 3 is 2.80 bits per heavy atom. The molecule has 3 rings (SSSR count). The van der Waals surface area contributed by atoms with E-state index in [1.165, 1.54) is 29.8 Å². The van der Waals surface area contributed by atoms with E-state index >= 15 is 0 Å². The predicted octanol–water partition coefficient (Wildman–Crippen LogP) is 3.86. The van der Waals surface area contributed by atoms with Gasteiger partial charge in [0, 0.05) is 24.0 Å². The first-order valence-corrected chi connectivity index (χ1v) is 8.35. The average molecular weight is 286 g/mol. The van der Waals surface area contributed by atoms with E-state index in [-0.39, 0.29) is 0 Å². The zero-order valence-corrected chi connectivity index (χ0v) is 12.8. The molecule has 1 N–H and O–H groups in total. The van der Waals surface area contributed by atoms with Crippen molar-refractivity contribution >= 4 is 11.3 Å². The summed E-state index contributed by atoms with van der Waals surface area (Å²) in [5.41, 5.74) is 1.51. The Morgan fingerprint density at radius 1 is 1.25 bits per heavy atom. The van der Waals surface area contributed by atoms with E-state index in [1.54, 1.807) is 11.3 Å². The van der Waals surface area contributed by atoms with Crippen molar-refractivity contribution in [1.29, 1.82) is 0 Å². The molecule has 0 aliphatic heterocycles. The van der Waals surface area contributed by atoms with Gasteiger partial charge in [0.1, 0.15) is 0 Å². The van der Waals surface area contributed by atoms with Crippen LogP contribution in [-0.4, -0.2) is 18.1 Å². The molecule has 0 saturated heterocycles. The number of aromatic nitrogens is 1.